The maximum atomic E-state index is 4.50. The van der Waals surface area contributed by atoms with Gasteiger partial charge in [0.1, 0.15) is 23.8 Å². The molecule has 0 N–H and O–H groups in total. The van der Waals surface area contributed by atoms with Crippen molar-refractivity contribution >= 4 is 11.6 Å². The van der Waals surface area contributed by atoms with Gasteiger partial charge in [-0.05, 0) is 36.7 Å². The van der Waals surface area contributed by atoms with Crippen molar-refractivity contribution in [3.63, 3.8) is 0 Å². The Balaban J connectivity index is 1.47. The number of hydrogen-bond donors (Lipinski definition) is 0. The van der Waals surface area contributed by atoms with Gasteiger partial charge in [0.15, 0.2) is 0 Å². The first-order valence-corrected chi connectivity index (χ1v) is 8.71. The van der Waals surface area contributed by atoms with Crippen molar-refractivity contribution in [1.82, 2.24) is 19.9 Å². The van der Waals surface area contributed by atoms with Crippen LogP contribution in [0.5, 0.6) is 0 Å². The third-order valence-electron chi connectivity index (χ3n) is 5.49. The SMILES string of the molecule is CN(C)c1cc(N2C[C@H]3CC[C@H](Cc4ncccn4)[C@H]3C2)ncn1. The van der Waals surface area contributed by atoms with Gasteiger partial charge in [-0.25, -0.2) is 19.9 Å². The highest BCUT2D eigenvalue weighted by Crippen LogP contribution is 2.44. The second kappa shape index (κ2) is 6.34. The molecule has 0 spiro atoms. The van der Waals surface area contributed by atoms with Crippen molar-refractivity contribution in [2.24, 2.45) is 17.8 Å². The molecule has 2 aromatic rings. The van der Waals surface area contributed by atoms with Crippen molar-refractivity contribution < 1.29 is 0 Å². The van der Waals surface area contributed by atoms with Crippen LogP contribution in [0.4, 0.5) is 11.6 Å². The van der Waals surface area contributed by atoms with Crippen LogP contribution in [0.3, 0.4) is 0 Å². The molecule has 4 rings (SSSR count). The number of hydrogen-bond acceptors (Lipinski definition) is 6. The van der Waals surface area contributed by atoms with Gasteiger partial charge >= 0.3 is 0 Å². The van der Waals surface area contributed by atoms with Crippen molar-refractivity contribution in [3.05, 3.63) is 36.7 Å². The summed E-state index contributed by atoms with van der Waals surface area (Å²) in [5.41, 5.74) is 0. The first-order chi connectivity index (χ1) is 11.7. The summed E-state index contributed by atoms with van der Waals surface area (Å²) in [6, 6.07) is 3.98. The van der Waals surface area contributed by atoms with Gasteiger partial charge in [-0.2, -0.15) is 0 Å². The van der Waals surface area contributed by atoms with Crippen LogP contribution in [0.2, 0.25) is 0 Å². The third kappa shape index (κ3) is 2.92. The summed E-state index contributed by atoms with van der Waals surface area (Å²) in [6.45, 7) is 2.20. The molecule has 0 amide bonds. The van der Waals surface area contributed by atoms with E-state index in [4.69, 9.17) is 0 Å². The first-order valence-electron chi connectivity index (χ1n) is 8.71. The minimum absolute atomic E-state index is 0.692. The van der Waals surface area contributed by atoms with Gasteiger partial charge in [0.2, 0.25) is 0 Å². The summed E-state index contributed by atoms with van der Waals surface area (Å²) < 4.78 is 0. The standard InChI is InChI=1S/C18H24N6/c1-23(2)17-9-18(22-12-21-17)24-10-14-5-4-13(15(14)11-24)8-16-19-6-3-7-20-16/h3,6-7,9,12-15H,4-5,8,10-11H2,1-2H3/t13-,14-,15-/m1/s1. The molecule has 3 heterocycles. The number of anilines is 2. The number of aromatic nitrogens is 4. The molecule has 6 nitrogen and oxygen atoms in total. The minimum atomic E-state index is 0.692. The quantitative estimate of drug-likeness (QED) is 0.858. The van der Waals surface area contributed by atoms with Crippen LogP contribution in [-0.2, 0) is 6.42 Å². The molecule has 1 aliphatic carbocycles. The van der Waals surface area contributed by atoms with Crippen molar-refractivity contribution in [2.75, 3.05) is 37.0 Å². The van der Waals surface area contributed by atoms with Gasteiger partial charge in [-0.15, -0.1) is 0 Å². The molecule has 2 aliphatic rings. The molecule has 24 heavy (non-hydrogen) atoms. The van der Waals surface area contributed by atoms with E-state index in [1.807, 2.05) is 37.5 Å². The molecule has 1 saturated heterocycles. The molecule has 6 heteroatoms. The Bertz CT molecular complexity index is 689. The summed E-state index contributed by atoms with van der Waals surface area (Å²) in [6.07, 6.45) is 8.98. The summed E-state index contributed by atoms with van der Waals surface area (Å²) in [5.74, 6) is 5.20. The second-order valence-electron chi connectivity index (χ2n) is 7.16. The normalized spacial score (nSPS) is 25.8. The fraction of sp³-hybridized carbons (Fsp3) is 0.556. The molecule has 126 valence electrons. The van der Waals surface area contributed by atoms with Crippen LogP contribution < -0.4 is 9.80 Å². The van der Waals surface area contributed by atoms with Gasteiger partial charge < -0.3 is 9.80 Å². The van der Waals surface area contributed by atoms with E-state index in [0.717, 1.165) is 48.8 Å². The molecule has 1 aliphatic heterocycles. The Morgan fingerprint density at radius 2 is 1.92 bits per heavy atom. The van der Waals surface area contributed by atoms with Crippen molar-refractivity contribution in [1.29, 1.82) is 0 Å². The van der Waals surface area contributed by atoms with E-state index in [9.17, 15) is 0 Å². The van der Waals surface area contributed by atoms with E-state index in [0.29, 0.717) is 5.92 Å². The molecule has 0 aromatic carbocycles. The fourth-order valence-corrected chi connectivity index (χ4v) is 4.24. The lowest BCUT2D eigenvalue weighted by atomic mass is 9.90. The lowest BCUT2D eigenvalue weighted by Crippen LogP contribution is -2.25. The summed E-state index contributed by atoms with van der Waals surface area (Å²) in [4.78, 5) is 22.1. The largest absolute Gasteiger partial charge is 0.363 e. The zero-order valence-corrected chi connectivity index (χ0v) is 14.3. The smallest absolute Gasteiger partial charge is 0.134 e. The van der Waals surface area contributed by atoms with E-state index in [2.05, 4.69) is 30.9 Å². The molecular weight excluding hydrogens is 300 g/mol. The number of rotatable bonds is 4. The maximum absolute atomic E-state index is 4.50. The Morgan fingerprint density at radius 3 is 2.71 bits per heavy atom. The fourth-order valence-electron chi connectivity index (χ4n) is 4.24. The molecule has 3 atom stereocenters. The van der Waals surface area contributed by atoms with Crippen molar-refractivity contribution in [3.8, 4) is 0 Å². The van der Waals surface area contributed by atoms with Gasteiger partial charge in [-0.3, -0.25) is 0 Å². The van der Waals surface area contributed by atoms with E-state index in [-0.39, 0.29) is 0 Å². The number of nitrogens with zero attached hydrogens (tertiary/aromatic N) is 6. The topological polar surface area (TPSA) is 58.0 Å². The van der Waals surface area contributed by atoms with Gasteiger partial charge in [0, 0.05) is 52.1 Å². The molecule has 2 fully saturated rings. The predicted octanol–water partition coefficient (Wildman–Crippen LogP) is 2.04. The van der Waals surface area contributed by atoms with Crippen LogP contribution >= 0.6 is 0 Å². The highest BCUT2D eigenvalue weighted by atomic mass is 15.2. The van der Waals surface area contributed by atoms with Crippen LogP contribution in [0.25, 0.3) is 0 Å². The van der Waals surface area contributed by atoms with Gasteiger partial charge in [0.25, 0.3) is 0 Å². The molecular formula is C18H24N6. The Labute approximate surface area is 143 Å². The van der Waals surface area contributed by atoms with E-state index in [1.165, 1.54) is 12.8 Å². The Hall–Kier alpha value is -2.24. The van der Waals surface area contributed by atoms with Gasteiger partial charge in [-0.1, -0.05) is 0 Å². The summed E-state index contributed by atoms with van der Waals surface area (Å²) >= 11 is 0. The monoisotopic (exact) mass is 324 g/mol. The van der Waals surface area contributed by atoms with Crippen molar-refractivity contribution in [2.45, 2.75) is 19.3 Å². The molecule has 0 unspecified atom stereocenters. The zero-order chi connectivity index (χ0) is 16.5. The lowest BCUT2D eigenvalue weighted by molar-refractivity contribution is 0.370. The Kier molecular flexibility index (Phi) is 4.04. The third-order valence-corrected chi connectivity index (χ3v) is 5.49. The average Bonchev–Trinajstić information content (AvgIpc) is 3.18. The minimum Gasteiger partial charge on any atom is -0.363 e. The number of fused-ring (bicyclic) bond motifs is 1. The molecule has 1 saturated carbocycles. The average molecular weight is 324 g/mol. The maximum Gasteiger partial charge on any atom is 0.134 e. The van der Waals surface area contributed by atoms with E-state index < -0.39 is 0 Å². The molecule has 2 aromatic heterocycles. The Morgan fingerprint density at radius 1 is 1.08 bits per heavy atom. The zero-order valence-electron chi connectivity index (χ0n) is 14.3. The van der Waals surface area contributed by atoms with E-state index in [1.54, 1.807) is 6.33 Å². The second-order valence-corrected chi connectivity index (χ2v) is 7.16. The highest BCUT2D eigenvalue weighted by Gasteiger charge is 2.43. The lowest BCUT2D eigenvalue weighted by Gasteiger charge is -2.22. The van der Waals surface area contributed by atoms with Crippen LogP contribution in [0.15, 0.2) is 30.9 Å². The summed E-state index contributed by atoms with van der Waals surface area (Å²) in [7, 11) is 4.03. The molecule has 0 bridgehead atoms. The summed E-state index contributed by atoms with van der Waals surface area (Å²) in [5, 5.41) is 0. The van der Waals surface area contributed by atoms with Crippen LogP contribution in [0.1, 0.15) is 18.7 Å². The predicted molar refractivity (Wildman–Crippen MR) is 94.0 cm³/mol. The van der Waals surface area contributed by atoms with Crippen LogP contribution in [0, 0.1) is 17.8 Å². The van der Waals surface area contributed by atoms with Crippen LogP contribution in [-0.4, -0.2) is 47.1 Å². The highest BCUT2D eigenvalue weighted by molar-refractivity contribution is 5.50. The van der Waals surface area contributed by atoms with Gasteiger partial charge in [0.05, 0.1) is 0 Å². The molecule has 0 radical (unpaired) electrons. The first kappa shape index (κ1) is 15.3. The van der Waals surface area contributed by atoms with E-state index >= 15 is 0 Å².